The van der Waals surface area contributed by atoms with Gasteiger partial charge in [0.15, 0.2) is 0 Å². The smallest absolute Gasteiger partial charge is 0.414 e. The van der Waals surface area contributed by atoms with E-state index in [1.54, 1.807) is 24.3 Å². The summed E-state index contributed by atoms with van der Waals surface area (Å²) in [5.74, 6) is -1.56. The average Bonchev–Trinajstić information content (AvgIpc) is 3.09. The fraction of sp³-hybridized carbons (Fsp3) is 0.529. The van der Waals surface area contributed by atoms with Crippen LogP contribution in [0.3, 0.4) is 0 Å². The molecule has 9 heteroatoms. The summed E-state index contributed by atoms with van der Waals surface area (Å²) in [6.45, 7) is 3.57. The number of halogens is 3. The number of alkyl halides is 3. The number of carbonyl (C=O) groups is 2. The highest BCUT2D eigenvalue weighted by atomic mass is 19.4. The van der Waals surface area contributed by atoms with E-state index in [1.807, 2.05) is 0 Å². The minimum Gasteiger partial charge on any atom is -0.447 e. The van der Waals surface area contributed by atoms with Crippen LogP contribution in [-0.2, 0) is 4.74 Å². The van der Waals surface area contributed by atoms with E-state index in [1.165, 1.54) is 23.6 Å². The van der Waals surface area contributed by atoms with Gasteiger partial charge in [0, 0.05) is 17.9 Å². The second kappa shape index (κ2) is 6.37. The summed E-state index contributed by atoms with van der Waals surface area (Å²) in [5.41, 5.74) is -0.379. The molecule has 2 fully saturated rings. The lowest BCUT2D eigenvalue weighted by Crippen LogP contribution is -2.51. The van der Waals surface area contributed by atoms with Crippen LogP contribution in [-0.4, -0.2) is 48.4 Å². The molecular formula is C17H20F3N3O3. The first-order valence-electron chi connectivity index (χ1n) is 8.30. The topological polar surface area (TPSA) is 61.9 Å². The van der Waals surface area contributed by atoms with Crippen molar-refractivity contribution in [2.24, 2.45) is 5.92 Å². The Labute approximate surface area is 148 Å². The molecule has 0 bridgehead atoms. The molecule has 2 aliphatic heterocycles. The number of nitrogens with one attached hydrogen (secondary N) is 1. The number of ether oxygens (including phenoxy) is 1. The summed E-state index contributed by atoms with van der Waals surface area (Å²) in [4.78, 5) is 26.8. The molecule has 2 aliphatic rings. The van der Waals surface area contributed by atoms with Crippen LogP contribution in [0.1, 0.15) is 20.3 Å². The van der Waals surface area contributed by atoms with Crippen molar-refractivity contribution in [3.63, 3.8) is 0 Å². The summed E-state index contributed by atoms with van der Waals surface area (Å²) in [6, 6.07) is 5.97. The number of benzene rings is 1. The third-order valence-electron chi connectivity index (χ3n) is 5.00. The normalized spacial score (nSPS) is 22.5. The van der Waals surface area contributed by atoms with E-state index in [-0.39, 0.29) is 19.6 Å². The molecule has 6 nitrogen and oxygen atoms in total. The van der Waals surface area contributed by atoms with Gasteiger partial charge in [-0.15, -0.1) is 0 Å². The van der Waals surface area contributed by atoms with Crippen molar-refractivity contribution in [2.45, 2.75) is 32.0 Å². The maximum atomic E-state index is 13.2. The van der Waals surface area contributed by atoms with E-state index in [9.17, 15) is 22.8 Å². The Hall–Kier alpha value is -2.45. The van der Waals surface area contributed by atoms with Crippen LogP contribution in [0.15, 0.2) is 24.3 Å². The van der Waals surface area contributed by atoms with Crippen molar-refractivity contribution in [3.8, 4) is 0 Å². The predicted octanol–water partition coefficient (Wildman–Crippen LogP) is 3.84. The zero-order chi connectivity index (χ0) is 19.1. The number of amides is 3. The quantitative estimate of drug-likeness (QED) is 0.859. The molecule has 0 saturated carbocycles. The molecule has 1 atom stereocenters. The van der Waals surface area contributed by atoms with Gasteiger partial charge in [0.25, 0.3) is 0 Å². The third kappa shape index (κ3) is 3.30. The average molecular weight is 371 g/mol. The molecular weight excluding hydrogens is 351 g/mol. The van der Waals surface area contributed by atoms with Gasteiger partial charge < -0.3 is 15.0 Å². The van der Waals surface area contributed by atoms with E-state index < -0.39 is 29.8 Å². The number of nitrogens with zero attached hydrogens (tertiary/aromatic N) is 2. The van der Waals surface area contributed by atoms with E-state index in [4.69, 9.17) is 4.74 Å². The third-order valence-corrected chi connectivity index (χ3v) is 5.00. The molecule has 0 aliphatic carbocycles. The van der Waals surface area contributed by atoms with Crippen LogP contribution in [0.2, 0.25) is 0 Å². The molecule has 3 amide bonds. The first-order chi connectivity index (χ1) is 12.1. The highest BCUT2D eigenvalue weighted by Crippen LogP contribution is 2.44. The molecule has 0 aromatic heterocycles. The highest BCUT2D eigenvalue weighted by Gasteiger charge is 2.56. The van der Waals surface area contributed by atoms with Crippen molar-refractivity contribution in [1.82, 2.24) is 4.90 Å². The summed E-state index contributed by atoms with van der Waals surface area (Å²) >= 11 is 0. The molecule has 3 rings (SSSR count). The minimum absolute atomic E-state index is 0.0289. The van der Waals surface area contributed by atoms with E-state index >= 15 is 0 Å². The van der Waals surface area contributed by atoms with Gasteiger partial charge in [0.05, 0.1) is 18.0 Å². The number of cyclic esters (lactones) is 1. The van der Waals surface area contributed by atoms with Crippen molar-refractivity contribution in [1.29, 1.82) is 0 Å². The molecule has 2 heterocycles. The molecule has 0 radical (unpaired) electrons. The summed E-state index contributed by atoms with van der Waals surface area (Å²) in [6.07, 6.45) is -4.94. The predicted molar refractivity (Wildman–Crippen MR) is 89.1 cm³/mol. The Morgan fingerprint density at radius 3 is 2.62 bits per heavy atom. The highest BCUT2D eigenvalue weighted by molar-refractivity contribution is 5.93. The van der Waals surface area contributed by atoms with Gasteiger partial charge in [-0.3, -0.25) is 4.90 Å². The molecule has 142 valence electrons. The van der Waals surface area contributed by atoms with Crippen molar-refractivity contribution >= 4 is 23.5 Å². The molecule has 1 unspecified atom stereocenters. The Morgan fingerprint density at radius 1 is 1.31 bits per heavy atom. The van der Waals surface area contributed by atoms with Crippen LogP contribution >= 0.6 is 0 Å². The summed E-state index contributed by atoms with van der Waals surface area (Å²) < 4.78 is 44.4. The maximum Gasteiger partial charge on any atom is 0.414 e. The lowest BCUT2D eigenvalue weighted by atomic mass is 9.88. The SMILES string of the molecule is CC1(C)C(C(F)(F)F)CCN1C(=O)Nc1cccc(N2CCOC2=O)c1. The van der Waals surface area contributed by atoms with Crippen LogP contribution in [0.5, 0.6) is 0 Å². The monoisotopic (exact) mass is 371 g/mol. The fourth-order valence-corrected chi connectivity index (χ4v) is 3.59. The van der Waals surface area contributed by atoms with E-state index in [2.05, 4.69) is 5.32 Å². The first-order valence-corrected chi connectivity index (χ1v) is 8.30. The molecule has 26 heavy (non-hydrogen) atoms. The van der Waals surface area contributed by atoms with Crippen molar-refractivity contribution in [3.05, 3.63) is 24.3 Å². The zero-order valence-electron chi connectivity index (χ0n) is 14.5. The zero-order valence-corrected chi connectivity index (χ0v) is 14.5. The maximum absolute atomic E-state index is 13.2. The van der Waals surface area contributed by atoms with Crippen LogP contribution in [0.25, 0.3) is 0 Å². The van der Waals surface area contributed by atoms with E-state index in [0.717, 1.165) is 0 Å². The Morgan fingerprint density at radius 2 is 2.04 bits per heavy atom. The second-order valence-corrected chi connectivity index (χ2v) is 6.93. The van der Waals surface area contributed by atoms with Crippen LogP contribution < -0.4 is 10.2 Å². The summed E-state index contributed by atoms with van der Waals surface area (Å²) in [5, 5.41) is 2.63. The lowest BCUT2D eigenvalue weighted by molar-refractivity contribution is -0.189. The lowest BCUT2D eigenvalue weighted by Gasteiger charge is -2.36. The van der Waals surface area contributed by atoms with Gasteiger partial charge in [0.1, 0.15) is 6.61 Å². The molecule has 1 N–H and O–H groups in total. The van der Waals surface area contributed by atoms with Gasteiger partial charge >= 0.3 is 18.3 Å². The van der Waals surface area contributed by atoms with Crippen molar-refractivity contribution < 1.29 is 27.5 Å². The van der Waals surface area contributed by atoms with Gasteiger partial charge in [-0.05, 0) is 38.5 Å². The Balaban J connectivity index is 1.74. The van der Waals surface area contributed by atoms with Gasteiger partial charge in [-0.2, -0.15) is 13.2 Å². The second-order valence-electron chi connectivity index (χ2n) is 6.93. The Kier molecular flexibility index (Phi) is 4.49. The number of anilines is 2. The summed E-state index contributed by atoms with van der Waals surface area (Å²) in [7, 11) is 0. The van der Waals surface area contributed by atoms with Crippen LogP contribution in [0, 0.1) is 5.92 Å². The Bertz CT molecular complexity index is 721. The number of carbonyl (C=O) groups excluding carboxylic acids is 2. The molecule has 0 spiro atoms. The van der Waals surface area contributed by atoms with Crippen LogP contribution in [0.4, 0.5) is 34.1 Å². The van der Waals surface area contributed by atoms with Gasteiger partial charge in [0.2, 0.25) is 0 Å². The molecule has 1 aromatic carbocycles. The van der Waals surface area contributed by atoms with E-state index in [0.29, 0.717) is 17.9 Å². The molecule has 1 aromatic rings. The van der Waals surface area contributed by atoms with Crippen molar-refractivity contribution in [2.75, 3.05) is 29.9 Å². The first kappa shape index (κ1) is 18.3. The molecule has 2 saturated heterocycles. The van der Waals surface area contributed by atoms with Gasteiger partial charge in [-0.25, -0.2) is 9.59 Å². The fourth-order valence-electron chi connectivity index (χ4n) is 3.59. The number of hydrogen-bond donors (Lipinski definition) is 1. The largest absolute Gasteiger partial charge is 0.447 e. The number of urea groups is 1. The van der Waals surface area contributed by atoms with Gasteiger partial charge in [-0.1, -0.05) is 6.07 Å². The number of likely N-dealkylation sites (tertiary alicyclic amines) is 1. The number of hydrogen-bond acceptors (Lipinski definition) is 3. The number of rotatable bonds is 2. The minimum atomic E-state index is -4.35. The standard InChI is InChI=1S/C17H20F3N3O3/c1-16(2)13(17(18,19)20)6-7-23(16)14(24)21-11-4-3-5-12(10-11)22-8-9-26-15(22)25/h3-5,10,13H,6-9H2,1-2H3,(H,21,24).